The third-order valence-electron chi connectivity index (χ3n) is 4.30. The van der Waals surface area contributed by atoms with E-state index in [1.165, 1.54) is 11.8 Å². The van der Waals surface area contributed by atoms with Gasteiger partial charge in [0.1, 0.15) is 5.75 Å². The summed E-state index contributed by atoms with van der Waals surface area (Å²) in [5.41, 5.74) is -0.783. The maximum atomic E-state index is 12.0. The Morgan fingerprint density at radius 1 is 1.30 bits per heavy atom. The normalized spacial score (nSPS) is 16.6. The summed E-state index contributed by atoms with van der Waals surface area (Å²) in [7, 11) is 1.60. The van der Waals surface area contributed by atoms with Crippen LogP contribution in [0.3, 0.4) is 0 Å². The molecule has 0 radical (unpaired) electrons. The first kappa shape index (κ1) is 17.7. The van der Waals surface area contributed by atoms with E-state index >= 15 is 0 Å². The fraction of sp³-hybridized carbons (Fsp3) is 0.529. The van der Waals surface area contributed by atoms with E-state index in [9.17, 15) is 14.7 Å². The number of nitrogens with one attached hydrogen (secondary N) is 1. The van der Waals surface area contributed by atoms with E-state index in [1.54, 1.807) is 7.11 Å². The molecule has 0 spiro atoms. The quantitative estimate of drug-likeness (QED) is 0.748. The number of hydrogen-bond donors (Lipinski definition) is 2. The maximum absolute atomic E-state index is 12.0. The Kier molecular flexibility index (Phi) is 6.33. The van der Waals surface area contributed by atoms with Crippen LogP contribution in [0.1, 0.15) is 32.1 Å². The van der Waals surface area contributed by atoms with Crippen molar-refractivity contribution in [2.75, 3.05) is 19.4 Å². The Labute approximate surface area is 140 Å². The molecule has 6 heteroatoms. The molecular weight excluding hydrogens is 314 g/mol. The van der Waals surface area contributed by atoms with Crippen molar-refractivity contribution in [3.63, 3.8) is 0 Å². The van der Waals surface area contributed by atoms with Crippen LogP contribution in [-0.2, 0) is 9.59 Å². The van der Waals surface area contributed by atoms with Crippen molar-refractivity contribution in [3.05, 3.63) is 24.3 Å². The van der Waals surface area contributed by atoms with Crippen molar-refractivity contribution < 1.29 is 19.4 Å². The van der Waals surface area contributed by atoms with Crippen molar-refractivity contribution in [1.82, 2.24) is 5.32 Å². The summed E-state index contributed by atoms with van der Waals surface area (Å²) >= 11 is 1.41. The first-order valence-corrected chi connectivity index (χ1v) is 8.81. The number of carbonyl (C=O) groups excluding carboxylic acids is 1. The minimum Gasteiger partial charge on any atom is -0.497 e. The largest absolute Gasteiger partial charge is 0.497 e. The third-order valence-corrected chi connectivity index (χ3v) is 5.29. The maximum Gasteiger partial charge on any atom is 0.311 e. The van der Waals surface area contributed by atoms with Crippen molar-refractivity contribution in [1.29, 1.82) is 0 Å². The van der Waals surface area contributed by atoms with Gasteiger partial charge in [0.25, 0.3) is 0 Å². The van der Waals surface area contributed by atoms with Gasteiger partial charge in [-0.3, -0.25) is 9.59 Å². The number of ether oxygens (including phenoxy) is 1. The number of amides is 1. The van der Waals surface area contributed by atoms with Crippen LogP contribution < -0.4 is 10.1 Å². The molecule has 1 aromatic carbocycles. The van der Waals surface area contributed by atoms with Gasteiger partial charge in [-0.1, -0.05) is 25.3 Å². The minimum absolute atomic E-state index is 0.135. The molecule has 2 rings (SSSR count). The summed E-state index contributed by atoms with van der Waals surface area (Å²) < 4.78 is 5.15. The molecular formula is C17H23NO4S. The number of carboxylic acids is 1. The van der Waals surface area contributed by atoms with Gasteiger partial charge in [0, 0.05) is 11.4 Å². The molecule has 5 nitrogen and oxygen atoms in total. The summed E-state index contributed by atoms with van der Waals surface area (Å²) in [5.74, 6) is 0.0903. The highest BCUT2D eigenvalue weighted by atomic mass is 32.2. The molecule has 0 aliphatic heterocycles. The Balaban J connectivity index is 1.83. The van der Waals surface area contributed by atoms with Crippen molar-refractivity contribution >= 4 is 23.6 Å². The number of thioether (sulfide) groups is 1. The highest BCUT2D eigenvalue weighted by Crippen LogP contribution is 2.36. The third kappa shape index (κ3) is 4.89. The van der Waals surface area contributed by atoms with Crippen LogP contribution in [0.25, 0.3) is 0 Å². The van der Waals surface area contributed by atoms with Gasteiger partial charge < -0.3 is 15.2 Å². The molecule has 1 fully saturated rings. The predicted molar refractivity (Wildman–Crippen MR) is 89.9 cm³/mol. The second kappa shape index (κ2) is 8.24. The first-order chi connectivity index (χ1) is 11.1. The summed E-state index contributed by atoms with van der Waals surface area (Å²) in [6.45, 7) is 0.222. The van der Waals surface area contributed by atoms with Gasteiger partial charge in [0.05, 0.1) is 18.3 Å². The molecule has 2 N–H and O–H groups in total. The molecule has 1 saturated carbocycles. The average Bonchev–Trinajstić information content (AvgIpc) is 2.59. The van der Waals surface area contributed by atoms with Crippen molar-refractivity contribution in [2.24, 2.45) is 5.41 Å². The lowest BCUT2D eigenvalue weighted by molar-refractivity contribution is -0.150. The van der Waals surface area contributed by atoms with Crippen LogP contribution >= 0.6 is 11.8 Å². The number of carboxylic acid groups (broad SMARTS) is 1. The highest BCUT2D eigenvalue weighted by Gasteiger charge is 2.39. The van der Waals surface area contributed by atoms with Gasteiger partial charge in [0.15, 0.2) is 0 Å². The summed E-state index contributed by atoms with van der Waals surface area (Å²) in [6.07, 6.45) is 4.20. The molecule has 0 saturated heterocycles. The summed E-state index contributed by atoms with van der Waals surface area (Å²) in [6, 6.07) is 7.52. The second-order valence-electron chi connectivity index (χ2n) is 5.89. The van der Waals surface area contributed by atoms with Crippen LogP contribution in [0.15, 0.2) is 29.2 Å². The van der Waals surface area contributed by atoms with Gasteiger partial charge in [-0.2, -0.15) is 0 Å². The van der Waals surface area contributed by atoms with Gasteiger partial charge in [-0.15, -0.1) is 11.8 Å². The van der Waals surface area contributed by atoms with Crippen LogP contribution in [-0.4, -0.2) is 36.4 Å². The number of aliphatic carboxylic acids is 1. The molecule has 1 amide bonds. The second-order valence-corrected chi connectivity index (χ2v) is 6.94. The van der Waals surface area contributed by atoms with Crippen LogP contribution in [0.2, 0.25) is 0 Å². The summed E-state index contributed by atoms with van der Waals surface area (Å²) in [4.78, 5) is 24.5. The van der Waals surface area contributed by atoms with E-state index in [0.29, 0.717) is 12.8 Å². The van der Waals surface area contributed by atoms with E-state index < -0.39 is 11.4 Å². The molecule has 1 aliphatic rings. The monoisotopic (exact) mass is 337 g/mol. The molecule has 0 bridgehead atoms. The van der Waals surface area contributed by atoms with E-state index in [1.807, 2.05) is 24.3 Å². The first-order valence-electron chi connectivity index (χ1n) is 7.83. The van der Waals surface area contributed by atoms with Crippen LogP contribution in [0.5, 0.6) is 5.75 Å². The Bertz CT molecular complexity index is 555. The highest BCUT2D eigenvalue weighted by molar-refractivity contribution is 8.00. The molecule has 0 aromatic heterocycles. The molecule has 126 valence electrons. The fourth-order valence-corrected chi connectivity index (χ4v) is 3.63. The van der Waals surface area contributed by atoms with Gasteiger partial charge in [-0.05, 0) is 31.0 Å². The standard InChI is InChI=1S/C17H23NO4S/c1-22-13-6-5-7-14(10-13)23-11-15(19)18-12-17(16(20)21)8-3-2-4-9-17/h5-7,10H,2-4,8-9,11-12H2,1H3,(H,18,19)(H,20,21). The number of methoxy groups -OCH3 is 1. The van der Waals surface area contributed by atoms with Gasteiger partial charge in [0.2, 0.25) is 5.91 Å². The lowest BCUT2D eigenvalue weighted by Crippen LogP contribution is -2.44. The molecule has 0 heterocycles. The van der Waals surface area contributed by atoms with Gasteiger partial charge >= 0.3 is 5.97 Å². The fourth-order valence-electron chi connectivity index (χ4n) is 2.85. The lowest BCUT2D eigenvalue weighted by atomic mass is 9.74. The number of rotatable bonds is 7. The molecule has 1 aliphatic carbocycles. The molecule has 23 heavy (non-hydrogen) atoms. The molecule has 0 atom stereocenters. The van der Waals surface area contributed by atoms with Crippen molar-refractivity contribution in [2.45, 2.75) is 37.0 Å². The van der Waals surface area contributed by atoms with E-state index in [0.717, 1.165) is 29.9 Å². The lowest BCUT2D eigenvalue weighted by Gasteiger charge is -2.33. The molecule has 0 unspecified atom stereocenters. The van der Waals surface area contributed by atoms with Crippen LogP contribution in [0.4, 0.5) is 0 Å². The SMILES string of the molecule is COc1cccc(SCC(=O)NCC2(C(=O)O)CCCCC2)c1. The smallest absolute Gasteiger partial charge is 0.311 e. The van der Waals surface area contributed by atoms with E-state index in [-0.39, 0.29) is 18.2 Å². The number of carbonyl (C=O) groups is 2. The zero-order chi connectivity index (χ0) is 16.7. The van der Waals surface area contributed by atoms with E-state index in [2.05, 4.69) is 5.32 Å². The van der Waals surface area contributed by atoms with Crippen molar-refractivity contribution in [3.8, 4) is 5.75 Å². The zero-order valence-corrected chi connectivity index (χ0v) is 14.2. The average molecular weight is 337 g/mol. The Hall–Kier alpha value is -1.69. The number of benzene rings is 1. The van der Waals surface area contributed by atoms with Crippen LogP contribution in [0, 0.1) is 5.41 Å². The van der Waals surface area contributed by atoms with E-state index in [4.69, 9.17) is 4.74 Å². The van der Waals surface area contributed by atoms with Gasteiger partial charge in [-0.25, -0.2) is 0 Å². The number of hydrogen-bond acceptors (Lipinski definition) is 4. The Morgan fingerprint density at radius 3 is 2.70 bits per heavy atom. The zero-order valence-electron chi connectivity index (χ0n) is 13.3. The minimum atomic E-state index is -0.794. The summed E-state index contributed by atoms with van der Waals surface area (Å²) in [5, 5.41) is 12.3. The topological polar surface area (TPSA) is 75.6 Å². The Morgan fingerprint density at radius 2 is 2.04 bits per heavy atom. The predicted octanol–water partition coefficient (Wildman–Crippen LogP) is 2.94. The molecule has 1 aromatic rings.